The monoisotopic (exact) mass is 307 g/mol. The van der Waals surface area contributed by atoms with Crippen molar-refractivity contribution in [1.82, 2.24) is 15.1 Å². The molecule has 0 spiro atoms. The minimum absolute atomic E-state index is 0.109. The van der Waals surface area contributed by atoms with Gasteiger partial charge in [-0.2, -0.15) is 18.3 Å². The second kappa shape index (κ2) is 5.94. The molecule has 21 heavy (non-hydrogen) atoms. The fourth-order valence-corrected chi connectivity index (χ4v) is 2.79. The SMILES string of the molecule is Cn1cc([C@H](NC[C@@H](O)C(F)(F)F)C2(CO)CCC2)cn1. The molecule has 1 aliphatic rings. The molecule has 1 fully saturated rings. The van der Waals surface area contributed by atoms with Crippen molar-refractivity contribution in [1.29, 1.82) is 0 Å². The summed E-state index contributed by atoms with van der Waals surface area (Å²) in [7, 11) is 1.72. The topological polar surface area (TPSA) is 70.3 Å². The Morgan fingerprint density at radius 3 is 2.52 bits per heavy atom. The summed E-state index contributed by atoms with van der Waals surface area (Å²) in [4.78, 5) is 0. The van der Waals surface area contributed by atoms with Gasteiger partial charge in [-0.25, -0.2) is 0 Å². The number of rotatable bonds is 6. The van der Waals surface area contributed by atoms with Crippen molar-refractivity contribution in [2.24, 2.45) is 12.5 Å². The molecule has 5 nitrogen and oxygen atoms in total. The van der Waals surface area contributed by atoms with E-state index in [1.807, 2.05) is 0 Å². The van der Waals surface area contributed by atoms with Gasteiger partial charge in [0.05, 0.1) is 12.8 Å². The van der Waals surface area contributed by atoms with E-state index in [9.17, 15) is 18.3 Å². The maximum Gasteiger partial charge on any atom is 0.415 e. The van der Waals surface area contributed by atoms with Crippen LogP contribution in [0.15, 0.2) is 12.4 Å². The number of aryl methyl sites for hydroxylation is 1. The van der Waals surface area contributed by atoms with Crippen LogP contribution >= 0.6 is 0 Å². The first-order chi connectivity index (χ1) is 9.78. The fourth-order valence-electron chi connectivity index (χ4n) is 2.79. The number of halogens is 3. The molecular formula is C13H20F3N3O2. The first kappa shape index (κ1) is 16.3. The largest absolute Gasteiger partial charge is 0.415 e. The molecule has 3 N–H and O–H groups in total. The molecule has 0 unspecified atom stereocenters. The number of hydrogen-bond acceptors (Lipinski definition) is 4. The predicted molar refractivity (Wildman–Crippen MR) is 69.4 cm³/mol. The molecule has 0 aromatic carbocycles. The molecule has 0 bridgehead atoms. The predicted octanol–water partition coefficient (Wildman–Crippen LogP) is 1.14. The summed E-state index contributed by atoms with van der Waals surface area (Å²) >= 11 is 0. The quantitative estimate of drug-likeness (QED) is 0.737. The Morgan fingerprint density at radius 2 is 2.14 bits per heavy atom. The normalized spacial score (nSPS) is 20.9. The van der Waals surface area contributed by atoms with Gasteiger partial charge in [0, 0.05) is 36.8 Å². The van der Waals surface area contributed by atoms with Crippen molar-refractivity contribution < 1.29 is 23.4 Å². The molecule has 8 heteroatoms. The van der Waals surface area contributed by atoms with Gasteiger partial charge in [-0.3, -0.25) is 4.68 Å². The molecule has 2 atom stereocenters. The number of nitrogens with one attached hydrogen (secondary N) is 1. The second-order valence-electron chi connectivity index (χ2n) is 5.72. The van der Waals surface area contributed by atoms with Gasteiger partial charge < -0.3 is 15.5 Å². The molecule has 1 aliphatic carbocycles. The van der Waals surface area contributed by atoms with E-state index in [0.29, 0.717) is 0 Å². The lowest BCUT2D eigenvalue weighted by atomic mass is 9.63. The van der Waals surface area contributed by atoms with Gasteiger partial charge in [0.2, 0.25) is 0 Å². The van der Waals surface area contributed by atoms with E-state index in [-0.39, 0.29) is 6.61 Å². The highest BCUT2D eigenvalue weighted by molar-refractivity contribution is 5.17. The lowest BCUT2D eigenvalue weighted by molar-refractivity contribution is -0.203. The van der Waals surface area contributed by atoms with E-state index in [1.54, 1.807) is 24.1 Å². The summed E-state index contributed by atoms with van der Waals surface area (Å²) in [6.45, 7) is -0.716. The minimum Gasteiger partial charge on any atom is -0.396 e. The summed E-state index contributed by atoms with van der Waals surface area (Å²) < 4.78 is 38.8. The average Bonchev–Trinajstić information content (AvgIpc) is 2.77. The molecule has 0 saturated heterocycles. The number of alkyl halides is 3. The van der Waals surface area contributed by atoms with E-state index in [2.05, 4.69) is 10.4 Å². The van der Waals surface area contributed by atoms with Crippen LogP contribution in [0.4, 0.5) is 13.2 Å². The standard InChI is InChI=1S/C13H20F3N3O2/c1-19-7-9(5-18-19)11(12(8-20)3-2-4-12)17-6-10(21)13(14,15)16/h5,7,10-11,17,20-21H,2-4,6,8H2,1H3/t10-,11+/m1/s1. The molecule has 120 valence electrons. The van der Waals surface area contributed by atoms with Crippen LogP contribution in [0, 0.1) is 5.41 Å². The van der Waals surface area contributed by atoms with Crippen LogP contribution in [0.5, 0.6) is 0 Å². The van der Waals surface area contributed by atoms with Crippen molar-refractivity contribution in [3.63, 3.8) is 0 Å². The van der Waals surface area contributed by atoms with Gasteiger partial charge in [-0.15, -0.1) is 0 Å². The van der Waals surface area contributed by atoms with Gasteiger partial charge in [-0.1, -0.05) is 6.42 Å². The van der Waals surface area contributed by atoms with Crippen LogP contribution in [0.25, 0.3) is 0 Å². The van der Waals surface area contributed by atoms with Gasteiger partial charge in [-0.05, 0) is 12.8 Å². The Kier molecular flexibility index (Phi) is 4.60. The van der Waals surface area contributed by atoms with E-state index in [0.717, 1.165) is 24.8 Å². The van der Waals surface area contributed by atoms with Gasteiger partial charge in [0.25, 0.3) is 0 Å². The fraction of sp³-hybridized carbons (Fsp3) is 0.769. The summed E-state index contributed by atoms with van der Waals surface area (Å²) in [5.41, 5.74) is 0.245. The molecular weight excluding hydrogens is 287 g/mol. The number of aliphatic hydroxyl groups excluding tert-OH is 2. The number of aromatic nitrogens is 2. The van der Waals surface area contributed by atoms with Crippen molar-refractivity contribution in [3.05, 3.63) is 18.0 Å². The minimum atomic E-state index is -4.65. The lowest BCUT2D eigenvalue weighted by Crippen LogP contribution is -2.49. The summed E-state index contributed by atoms with van der Waals surface area (Å²) in [6.07, 6.45) is -1.39. The van der Waals surface area contributed by atoms with Gasteiger partial charge in [0.15, 0.2) is 6.10 Å². The molecule has 0 radical (unpaired) electrons. The molecule has 2 rings (SSSR count). The Bertz CT molecular complexity index is 466. The third-order valence-corrected chi connectivity index (χ3v) is 4.23. The van der Waals surface area contributed by atoms with Crippen molar-refractivity contribution >= 4 is 0 Å². The van der Waals surface area contributed by atoms with Crippen molar-refractivity contribution in [3.8, 4) is 0 Å². The Balaban J connectivity index is 2.13. The summed E-state index contributed by atoms with van der Waals surface area (Å²) in [5, 5.41) is 25.6. The van der Waals surface area contributed by atoms with Gasteiger partial charge >= 0.3 is 6.18 Å². The molecule has 1 heterocycles. The Morgan fingerprint density at radius 1 is 1.48 bits per heavy atom. The third kappa shape index (κ3) is 3.38. The lowest BCUT2D eigenvalue weighted by Gasteiger charge is -2.47. The zero-order valence-corrected chi connectivity index (χ0v) is 11.8. The van der Waals surface area contributed by atoms with Gasteiger partial charge in [0.1, 0.15) is 0 Å². The molecule has 1 aromatic rings. The van der Waals surface area contributed by atoms with Crippen LogP contribution < -0.4 is 5.32 Å². The highest BCUT2D eigenvalue weighted by atomic mass is 19.4. The molecule has 1 aromatic heterocycles. The van der Waals surface area contributed by atoms with Crippen molar-refractivity contribution in [2.75, 3.05) is 13.2 Å². The first-order valence-electron chi connectivity index (χ1n) is 6.86. The zero-order chi connectivity index (χ0) is 15.7. The highest BCUT2D eigenvalue weighted by Crippen LogP contribution is 2.49. The number of aliphatic hydroxyl groups is 2. The van der Waals surface area contributed by atoms with Crippen molar-refractivity contribution in [2.45, 2.75) is 37.6 Å². The highest BCUT2D eigenvalue weighted by Gasteiger charge is 2.46. The van der Waals surface area contributed by atoms with Crippen LogP contribution in [0.1, 0.15) is 30.9 Å². The summed E-state index contributed by atoms with van der Waals surface area (Å²) in [6, 6.07) is -0.457. The summed E-state index contributed by atoms with van der Waals surface area (Å²) in [5.74, 6) is 0. The zero-order valence-electron chi connectivity index (χ0n) is 11.8. The molecule has 0 amide bonds. The maximum atomic E-state index is 12.4. The van der Waals surface area contributed by atoms with Crippen LogP contribution in [-0.2, 0) is 7.05 Å². The number of nitrogens with zero attached hydrogens (tertiary/aromatic N) is 2. The van der Waals surface area contributed by atoms with E-state index in [1.165, 1.54) is 0 Å². The third-order valence-electron chi connectivity index (χ3n) is 4.23. The maximum absolute atomic E-state index is 12.4. The Labute approximate surface area is 120 Å². The van der Waals surface area contributed by atoms with E-state index in [4.69, 9.17) is 5.11 Å². The van der Waals surface area contributed by atoms with Crippen LogP contribution in [0.3, 0.4) is 0 Å². The first-order valence-corrected chi connectivity index (χ1v) is 6.86. The smallest absolute Gasteiger partial charge is 0.396 e. The van der Waals surface area contributed by atoms with E-state index >= 15 is 0 Å². The average molecular weight is 307 g/mol. The second-order valence-corrected chi connectivity index (χ2v) is 5.72. The van der Waals surface area contributed by atoms with Crippen LogP contribution in [0.2, 0.25) is 0 Å². The molecule has 0 aliphatic heterocycles. The Hall–Kier alpha value is -1.12. The van der Waals surface area contributed by atoms with E-state index < -0.39 is 30.3 Å². The molecule has 1 saturated carbocycles. The van der Waals surface area contributed by atoms with Crippen LogP contribution in [-0.4, -0.2) is 45.4 Å². The number of hydrogen-bond donors (Lipinski definition) is 3.